The minimum absolute atomic E-state index is 0.255. The van der Waals surface area contributed by atoms with E-state index in [1.54, 1.807) is 0 Å². The molecule has 4 heteroatoms. The van der Waals surface area contributed by atoms with E-state index in [9.17, 15) is 0 Å². The summed E-state index contributed by atoms with van der Waals surface area (Å²) in [6, 6.07) is 19.2. The van der Waals surface area contributed by atoms with Gasteiger partial charge >= 0.3 is 0 Å². The van der Waals surface area contributed by atoms with Crippen LogP contribution in [0.3, 0.4) is 0 Å². The van der Waals surface area contributed by atoms with Crippen LogP contribution in [0.1, 0.15) is 21.3 Å². The first-order valence-electron chi connectivity index (χ1n) is 8.41. The van der Waals surface area contributed by atoms with Gasteiger partial charge < -0.3 is 4.74 Å². The molecule has 2 aliphatic heterocycles. The van der Waals surface area contributed by atoms with Crippen molar-refractivity contribution < 1.29 is 4.74 Å². The highest BCUT2D eigenvalue weighted by molar-refractivity contribution is 7.99. The molecule has 0 N–H and O–H groups in total. The van der Waals surface area contributed by atoms with Gasteiger partial charge in [-0.1, -0.05) is 29.8 Å². The van der Waals surface area contributed by atoms with Crippen molar-refractivity contribution >= 4 is 34.5 Å². The number of ether oxygens (including phenoxy) is 1. The average molecular weight is 364 g/mol. The normalized spacial score (nSPS) is 21.2. The summed E-state index contributed by atoms with van der Waals surface area (Å²) in [4.78, 5) is 7.76. The number of hydrogen-bond acceptors (Lipinski definition) is 4. The van der Waals surface area contributed by atoms with E-state index in [1.165, 1.54) is 21.0 Å². The summed E-state index contributed by atoms with van der Waals surface area (Å²) in [5.74, 6) is 1.21. The summed E-state index contributed by atoms with van der Waals surface area (Å²) < 4.78 is 6.14. The van der Waals surface area contributed by atoms with Crippen molar-refractivity contribution in [1.29, 1.82) is 0 Å². The molecule has 0 fully saturated rings. The molecule has 3 heterocycles. The topological polar surface area (TPSA) is 21.6 Å². The fraction of sp³-hybridized carbons (Fsp3) is 0.190. The molecule has 2 aromatic carbocycles. The van der Waals surface area contributed by atoms with Crippen LogP contribution in [0.25, 0.3) is 0 Å². The van der Waals surface area contributed by atoms with Gasteiger partial charge in [0.05, 0.1) is 29.2 Å². The quantitative estimate of drug-likeness (QED) is 0.526. The molecule has 0 spiro atoms. The van der Waals surface area contributed by atoms with Gasteiger partial charge in [-0.3, -0.25) is 4.99 Å². The molecular formula is C21H17NOS2. The smallest absolute Gasteiger partial charge is 0.128 e. The van der Waals surface area contributed by atoms with E-state index in [-0.39, 0.29) is 5.92 Å². The summed E-state index contributed by atoms with van der Waals surface area (Å²) in [5, 5.41) is 2.49. The number of nitrogens with zero attached hydrogens (tertiary/aromatic N) is 1. The second-order valence-electron chi connectivity index (χ2n) is 6.44. The highest BCUT2D eigenvalue weighted by atomic mass is 32.2. The first-order chi connectivity index (χ1) is 12.3. The molecule has 1 aromatic heterocycles. The Bertz CT molecular complexity index is 962. The van der Waals surface area contributed by atoms with Crippen LogP contribution >= 0.6 is 23.1 Å². The average Bonchev–Trinajstić information content (AvgIpc) is 3.10. The van der Waals surface area contributed by atoms with Crippen LogP contribution in [0.5, 0.6) is 5.75 Å². The third-order valence-electron chi connectivity index (χ3n) is 4.73. The van der Waals surface area contributed by atoms with Gasteiger partial charge in [0, 0.05) is 15.3 Å². The highest BCUT2D eigenvalue weighted by Gasteiger charge is 2.37. The minimum Gasteiger partial charge on any atom is -0.492 e. The first kappa shape index (κ1) is 15.2. The van der Waals surface area contributed by atoms with E-state index in [2.05, 4.69) is 66.9 Å². The molecule has 5 rings (SSSR count). The minimum atomic E-state index is 0.255. The van der Waals surface area contributed by atoms with Gasteiger partial charge in [0.1, 0.15) is 5.75 Å². The Hall–Kier alpha value is -2.04. The Balaban J connectivity index is 1.73. The molecule has 0 unspecified atom stereocenters. The van der Waals surface area contributed by atoms with Crippen molar-refractivity contribution in [3.05, 3.63) is 76.0 Å². The molecule has 0 radical (unpaired) electrons. The van der Waals surface area contributed by atoms with Crippen LogP contribution in [0.15, 0.2) is 69.9 Å². The second-order valence-corrected chi connectivity index (χ2v) is 8.60. The molecule has 0 saturated carbocycles. The zero-order valence-corrected chi connectivity index (χ0v) is 15.4. The van der Waals surface area contributed by atoms with Crippen molar-refractivity contribution in [1.82, 2.24) is 0 Å². The number of thiophene rings is 1. The SMILES string of the molecule is Cc1ccc2c(c1)C1=Nc3ccccc3S[C@@H](c3cccs3)[C@@H]1CO2. The lowest BCUT2D eigenvalue weighted by Gasteiger charge is -2.31. The third-order valence-corrected chi connectivity index (χ3v) is 7.27. The zero-order valence-electron chi connectivity index (χ0n) is 13.8. The number of fused-ring (bicyclic) bond motifs is 4. The van der Waals surface area contributed by atoms with Crippen LogP contribution in [0.2, 0.25) is 0 Å². The Labute approximate surface area is 155 Å². The van der Waals surface area contributed by atoms with Gasteiger partial charge in [-0.25, -0.2) is 0 Å². The van der Waals surface area contributed by atoms with Crippen LogP contribution in [-0.4, -0.2) is 12.3 Å². The fourth-order valence-electron chi connectivity index (χ4n) is 3.51. The van der Waals surface area contributed by atoms with E-state index in [4.69, 9.17) is 9.73 Å². The fourth-order valence-corrected chi connectivity index (χ4v) is 5.82. The van der Waals surface area contributed by atoms with E-state index in [0.717, 1.165) is 17.0 Å². The lowest BCUT2D eigenvalue weighted by molar-refractivity contribution is 0.272. The van der Waals surface area contributed by atoms with Gasteiger partial charge in [0.2, 0.25) is 0 Å². The number of hydrogen-bond donors (Lipinski definition) is 0. The molecule has 0 aliphatic carbocycles. The van der Waals surface area contributed by atoms with Crippen LogP contribution in [-0.2, 0) is 0 Å². The van der Waals surface area contributed by atoms with Crippen LogP contribution < -0.4 is 4.74 Å². The molecular weight excluding hydrogens is 346 g/mol. The third kappa shape index (κ3) is 2.60. The first-order valence-corrected chi connectivity index (χ1v) is 10.2. The maximum Gasteiger partial charge on any atom is 0.128 e. The maximum atomic E-state index is 6.14. The Morgan fingerprint density at radius 1 is 1.08 bits per heavy atom. The van der Waals surface area contributed by atoms with Crippen LogP contribution in [0, 0.1) is 12.8 Å². The summed E-state index contributed by atoms with van der Waals surface area (Å²) in [6.07, 6.45) is 0. The van der Waals surface area contributed by atoms with E-state index >= 15 is 0 Å². The number of aliphatic imine (C=N–C) groups is 1. The lowest BCUT2D eigenvalue weighted by Crippen LogP contribution is -2.31. The number of thioether (sulfide) groups is 1. The number of benzene rings is 2. The van der Waals surface area contributed by atoms with Crippen molar-refractivity contribution in [2.24, 2.45) is 10.9 Å². The van der Waals surface area contributed by atoms with Crippen LogP contribution in [0.4, 0.5) is 5.69 Å². The maximum absolute atomic E-state index is 6.14. The lowest BCUT2D eigenvalue weighted by atomic mass is 9.89. The summed E-state index contributed by atoms with van der Waals surface area (Å²) in [6.45, 7) is 2.80. The molecule has 0 bridgehead atoms. The molecule has 0 amide bonds. The summed E-state index contributed by atoms with van der Waals surface area (Å²) in [7, 11) is 0. The molecule has 124 valence electrons. The molecule has 3 aromatic rings. The van der Waals surface area contributed by atoms with E-state index in [0.29, 0.717) is 11.9 Å². The summed E-state index contributed by atoms with van der Waals surface area (Å²) in [5.41, 5.74) is 4.63. The van der Waals surface area contributed by atoms with Gasteiger partial charge in [-0.2, -0.15) is 0 Å². The Kier molecular flexibility index (Phi) is 3.68. The molecule has 2 atom stereocenters. The van der Waals surface area contributed by atoms with Crippen molar-refractivity contribution in [3.8, 4) is 5.75 Å². The predicted octanol–water partition coefficient (Wildman–Crippen LogP) is 6.03. The summed E-state index contributed by atoms with van der Waals surface area (Å²) >= 11 is 3.74. The van der Waals surface area contributed by atoms with Gasteiger partial charge in [0.15, 0.2) is 0 Å². The van der Waals surface area contributed by atoms with Crippen molar-refractivity contribution in [2.75, 3.05) is 6.61 Å². The van der Waals surface area contributed by atoms with E-state index in [1.807, 2.05) is 23.1 Å². The number of para-hydroxylation sites is 1. The largest absolute Gasteiger partial charge is 0.492 e. The standard InChI is InChI=1S/C21H17NOS2/c1-13-8-9-17-14(11-13)20-15(12-23-17)21(19-7-4-10-24-19)25-18-6-3-2-5-16(18)22-20/h2-11,15,21H,12H2,1H3/t15-,21-/m1/s1. The Morgan fingerprint density at radius 2 is 2.00 bits per heavy atom. The van der Waals surface area contributed by atoms with Crippen molar-refractivity contribution in [2.45, 2.75) is 17.1 Å². The predicted molar refractivity (Wildman–Crippen MR) is 106 cm³/mol. The molecule has 2 aliphatic rings. The van der Waals surface area contributed by atoms with Gasteiger partial charge in [0.25, 0.3) is 0 Å². The van der Waals surface area contributed by atoms with Crippen molar-refractivity contribution in [3.63, 3.8) is 0 Å². The molecule has 2 nitrogen and oxygen atoms in total. The zero-order chi connectivity index (χ0) is 16.8. The number of rotatable bonds is 1. The molecule has 0 saturated heterocycles. The second kappa shape index (κ2) is 6.04. The Morgan fingerprint density at radius 3 is 2.88 bits per heavy atom. The molecule has 25 heavy (non-hydrogen) atoms. The monoisotopic (exact) mass is 363 g/mol. The van der Waals surface area contributed by atoms with Gasteiger partial charge in [-0.15, -0.1) is 23.1 Å². The van der Waals surface area contributed by atoms with Gasteiger partial charge in [-0.05, 0) is 42.6 Å². The highest BCUT2D eigenvalue weighted by Crippen LogP contribution is 2.51. The number of aryl methyl sites for hydroxylation is 1. The van der Waals surface area contributed by atoms with E-state index < -0.39 is 0 Å².